The van der Waals surface area contributed by atoms with Crippen molar-refractivity contribution in [3.63, 3.8) is 0 Å². The summed E-state index contributed by atoms with van der Waals surface area (Å²) in [4.78, 5) is 4.33. The number of hydrogen-bond acceptors (Lipinski definition) is 3. The zero-order valence-corrected chi connectivity index (χ0v) is 10.9. The number of nitrogens with one attached hydrogen (secondary N) is 1. The van der Waals surface area contributed by atoms with E-state index in [-0.39, 0.29) is 5.38 Å². The van der Waals surface area contributed by atoms with E-state index >= 15 is 0 Å². The fraction of sp³-hybridized carbons (Fsp3) is 0.615. The largest absolute Gasteiger partial charge is 0.490 e. The molecule has 2 unspecified atom stereocenters. The molecule has 0 saturated heterocycles. The van der Waals surface area contributed by atoms with Crippen LogP contribution in [0.2, 0.25) is 0 Å². The summed E-state index contributed by atoms with van der Waals surface area (Å²) in [5.41, 5.74) is 0. The molecule has 2 atom stereocenters. The third-order valence-electron chi connectivity index (χ3n) is 3.07. The van der Waals surface area contributed by atoms with E-state index in [0.717, 1.165) is 24.4 Å². The fourth-order valence-corrected chi connectivity index (χ4v) is 2.54. The predicted molar refractivity (Wildman–Crippen MR) is 70.9 cm³/mol. The quantitative estimate of drug-likeness (QED) is 0.836. The Morgan fingerprint density at radius 2 is 2.29 bits per heavy atom. The van der Waals surface area contributed by atoms with Gasteiger partial charge in [-0.1, -0.05) is 12.8 Å². The first-order chi connectivity index (χ1) is 8.31. The normalized spacial score (nSPS) is 24.4. The Hall–Kier alpha value is -0.960. The van der Waals surface area contributed by atoms with Crippen LogP contribution in [0.15, 0.2) is 18.3 Å². The molecule has 17 heavy (non-hydrogen) atoms. The van der Waals surface area contributed by atoms with Crippen LogP contribution in [0, 0.1) is 0 Å². The summed E-state index contributed by atoms with van der Waals surface area (Å²) in [6, 6.07) is 4.12. The smallest absolute Gasteiger partial charge is 0.169 e. The molecule has 2 rings (SSSR count). The third kappa shape index (κ3) is 3.25. The third-order valence-corrected chi connectivity index (χ3v) is 3.60. The van der Waals surface area contributed by atoms with Crippen molar-refractivity contribution in [3.05, 3.63) is 18.3 Å². The summed E-state index contributed by atoms with van der Waals surface area (Å²) in [6.07, 6.45) is 6.42. The number of halogens is 1. The van der Waals surface area contributed by atoms with Crippen molar-refractivity contribution in [1.29, 1.82) is 0 Å². The SMILES string of the molecule is CCOc1cccnc1NC1CCCCC1Cl. The summed E-state index contributed by atoms with van der Waals surface area (Å²) in [5, 5.41) is 3.61. The minimum absolute atomic E-state index is 0.195. The average molecular weight is 255 g/mol. The minimum Gasteiger partial charge on any atom is -0.490 e. The van der Waals surface area contributed by atoms with Gasteiger partial charge in [-0.25, -0.2) is 4.98 Å². The Balaban J connectivity index is 2.06. The highest BCUT2D eigenvalue weighted by molar-refractivity contribution is 6.21. The maximum absolute atomic E-state index is 6.33. The monoisotopic (exact) mass is 254 g/mol. The molecule has 1 saturated carbocycles. The highest BCUT2D eigenvalue weighted by Gasteiger charge is 2.24. The molecule has 0 aromatic carbocycles. The van der Waals surface area contributed by atoms with Crippen LogP contribution in [-0.2, 0) is 0 Å². The molecule has 0 bridgehead atoms. The Bertz CT molecular complexity index is 359. The second kappa shape index (κ2) is 6.10. The molecule has 1 aromatic heterocycles. The van der Waals surface area contributed by atoms with Crippen molar-refractivity contribution < 1.29 is 4.74 Å². The number of aromatic nitrogens is 1. The van der Waals surface area contributed by atoms with Gasteiger partial charge in [0.25, 0.3) is 0 Å². The molecule has 0 radical (unpaired) electrons. The van der Waals surface area contributed by atoms with E-state index in [2.05, 4.69) is 10.3 Å². The maximum atomic E-state index is 6.33. The molecule has 4 heteroatoms. The molecule has 1 aromatic rings. The lowest BCUT2D eigenvalue weighted by Crippen LogP contribution is -2.33. The molecule has 1 N–H and O–H groups in total. The van der Waals surface area contributed by atoms with Crippen LogP contribution in [0.4, 0.5) is 5.82 Å². The molecule has 3 nitrogen and oxygen atoms in total. The molecule has 1 aliphatic rings. The molecular weight excluding hydrogens is 236 g/mol. The van der Waals surface area contributed by atoms with E-state index in [1.165, 1.54) is 12.8 Å². The van der Waals surface area contributed by atoms with Gasteiger partial charge in [0.2, 0.25) is 0 Å². The van der Waals surface area contributed by atoms with E-state index < -0.39 is 0 Å². The van der Waals surface area contributed by atoms with Crippen LogP contribution in [-0.4, -0.2) is 23.0 Å². The number of hydrogen-bond donors (Lipinski definition) is 1. The Labute approximate surface area is 108 Å². The fourth-order valence-electron chi connectivity index (χ4n) is 2.19. The van der Waals surface area contributed by atoms with Gasteiger partial charge < -0.3 is 10.1 Å². The molecule has 1 heterocycles. The molecule has 1 aliphatic carbocycles. The van der Waals surface area contributed by atoms with Gasteiger partial charge >= 0.3 is 0 Å². The Morgan fingerprint density at radius 1 is 1.47 bits per heavy atom. The lowest BCUT2D eigenvalue weighted by atomic mass is 9.95. The number of rotatable bonds is 4. The standard InChI is InChI=1S/C13H19ClN2O/c1-2-17-12-8-5-9-15-13(12)16-11-7-4-3-6-10(11)14/h5,8-11H,2-4,6-7H2,1H3,(H,15,16). The van der Waals surface area contributed by atoms with Crippen LogP contribution in [0.25, 0.3) is 0 Å². The van der Waals surface area contributed by atoms with Gasteiger partial charge in [-0.2, -0.15) is 0 Å². The number of anilines is 1. The second-order valence-electron chi connectivity index (χ2n) is 4.33. The van der Waals surface area contributed by atoms with E-state index in [0.29, 0.717) is 12.6 Å². The minimum atomic E-state index is 0.195. The van der Waals surface area contributed by atoms with Crippen molar-refractivity contribution in [2.24, 2.45) is 0 Å². The van der Waals surface area contributed by atoms with E-state index in [4.69, 9.17) is 16.3 Å². The van der Waals surface area contributed by atoms with Crippen molar-refractivity contribution in [1.82, 2.24) is 4.98 Å². The molecule has 0 aliphatic heterocycles. The maximum Gasteiger partial charge on any atom is 0.169 e. The Morgan fingerprint density at radius 3 is 3.06 bits per heavy atom. The summed E-state index contributed by atoms with van der Waals surface area (Å²) in [5.74, 6) is 1.62. The summed E-state index contributed by atoms with van der Waals surface area (Å²) in [7, 11) is 0. The van der Waals surface area contributed by atoms with Crippen molar-refractivity contribution in [2.75, 3.05) is 11.9 Å². The number of nitrogens with zero attached hydrogens (tertiary/aromatic N) is 1. The topological polar surface area (TPSA) is 34.1 Å². The van der Waals surface area contributed by atoms with E-state index in [1.54, 1.807) is 6.20 Å². The first kappa shape index (κ1) is 12.5. The van der Waals surface area contributed by atoms with Gasteiger partial charge in [0, 0.05) is 12.2 Å². The van der Waals surface area contributed by atoms with Crippen LogP contribution in [0.5, 0.6) is 5.75 Å². The molecular formula is C13H19ClN2O. The van der Waals surface area contributed by atoms with Crippen LogP contribution < -0.4 is 10.1 Å². The van der Waals surface area contributed by atoms with E-state index in [9.17, 15) is 0 Å². The predicted octanol–water partition coefficient (Wildman–Crippen LogP) is 3.44. The molecule has 94 valence electrons. The van der Waals surface area contributed by atoms with Gasteiger partial charge in [-0.3, -0.25) is 0 Å². The van der Waals surface area contributed by atoms with E-state index in [1.807, 2.05) is 19.1 Å². The lowest BCUT2D eigenvalue weighted by Gasteiger charge is -2.28. The van der Waals surface area contributed by atoms with Crippen LogP contribution in [0.3, 0.4) is 0 Å². The van der Waals surface area contributed by atoms with Crippen LogP contribution >= 0.6 is 11.6 Å². The number of alkyl halides is 1. The molecule has 0 amide bonds. The Kier molecular flexibility index (Phi) is 4.49. The molecule has 0 spiro atoms. The molecule has 1 fully saturated rings. The van der Waals surface area contributed by atoms with Crippen molar-refractivity contribution >= 4 is 17.4 Å². The van der Waals surface area contributed by atoms with Gasteiger partial charge in [0.15, 0.2) is 11.6 Å². The van der Waals surface area contributed by atoms with Gasteiger partial charge in [-0.15, -0.1) is 11.6 Å². The van der Waals surface area contributed by atoms with Gasteiger partial charge in [0.1, 0.15) is 0 Å². The average Bonchev–Trinajstić information content (AvgIpc) is 2.35. The lowest BCUT2D eigenvalue weighted by molar-refractivity contribution is 0.339. The highest BCUT2D eigenvalue weighted by Crippen LogP contribution is 2.28. The van der Waals surface area contributed by atoms with Crippen molar-refractivity contribution in [2.45, 2.75) is 44.0 Å². The first-order valence-corrected chi connectivity index (χ1v) is 6.73. The second-order valence-corrected chi connectivity index (χ2v) is 4.90. The summed E-state index contributed by atoms with van der Waals surface area (Å²) < 4.78 is 5.55. The summed E-state index contributed by atoms with van der Waals surface area (Å²) in [6.45, 7) is 2.62. The number of pyridine rings is 1. The van der Waals surface area contributed by atoms with Crippen LogP contribution in [0.1, 0.15) is 32.6 Å². The zero-order valence-electron chi connectivity index (χ0n) is 10.2. The zero-order chi connectivity index (χ0) is 12.1. The van der Waals surface area contributed by atoms with Crippen molar-refractivity contribution in [3.8, 4) is 5.75 Å². The highest BCUT2D eigenvalue weighted by atomic mass is 35.5. The first-order valence-electron chi connectivity index (χ1n) is 6.29. The van der Waals surface area contributed by atoms with Gasteiger partial charge in [0.05, 0.1) is 12.0 Å². The van der Waals surface area contributed by atoms with Gasteiger partial charge in [-0.05, 0) is 31.9 Å². The summed E-state index contributed by atoms with van der Waals surface area (Å²) >= 11 is 6.33. The number of ether oxygens (including phenoxy) is 1.